The van der Waals surface area contributed by atoms with Gasteiger partial charge >= 0.3 is 11.8 Å². The molecule has 2 aliphatic rings. The van der Waals surface area contributed by atoms with Crippen molar-refractivity contribution in [2.24, 2.45) is 0 Å². The van der Waals surface area contributed by atoms with Gasteiger partial charge in [-0.25, -0.2) is 19.1 Å². The van der Waals surface area contributed by atoms with E-state index < -0.39 is 11.3 Å². The molecule has 0 saturated carbocycles. The number of carbonyl (C=O) groups excluding carboxylic acids is 1. The molecule has 0 N–H and O–H groups in total. The number of carbonyl (C=O) groups is 1. The van der Waals surface area contributed by atoms with Crippen LogP contribution in [0.4, 0.5) is 10.6 Å². The van der Waals surface area contributed by atoms with E-state index in [2.05, 4.69) is 23.7 Å². The minimum Gasteiger partial charge on any atom is -0.444 e. The van der Waals surface area contributed by atoms with Crippen LogP contribution in [-0.4, -0.2) is 61.8 Å². The van der Waals surface area contributed by atoms with Crippen molar-refractivity contribution in [2.45, 2.75) is 85.3 Å². The third kappa shape index (κ3) is 4.97. The van der Waals surface area contributed by atoms with Crippen molar-refractivity contribution in [3.63, 3.8) is 0 Å². The monoisotopic (exact) mass is 552 g/mol. The van der Waals surface area contributed by atoms with Gasteiger partial charge in [-0.15, -0.1) is 0 Å². The Morgan fingerprint density at radius 2 is 1.87 bits per heavy atom. The van der Waals surface area contributed by atoms with Gasteiger partial charge in [0.05, 0.1) is 16.8 Å². The second-order valence-corrected chi connectivity index (χ2v) is 12.3. The normalized spacial score (nSPS) is 17.7. The first-order valence-electron chi connectivity index (χ1n) is 13.7. The molecule has 0 spiro atoms. The Hall–Kier alpha value is -3.20. The fourth-order valence-electron chi connectivity index (χ4n) is 5.74. The van der Waals surface area contributed by atoms with Crippen molar-refractivity contribution >= 4 is 34.5 Å². The zero-order valence-electron chi connectivity index (χ0n) is 23.8. The molecule has 5 rings (SSSR count). The summed E-state index contributed by atoms with van der Waals surface area (Å²) >= 11 is 6.74. The summed E-state index contributed by atoms with van der Waals surface area (Å²) < 4.78 is 7.20. The number of piperazine rings is 1. The first-order valence-corrected chi connectivity index (χ1v) is 14.1. The summed E-state index contributed by atoms with van der Waals surface area (Å²) in [6.07, 6.45) is 4.11. The number of fused-ring (bicyclic) bond motifs is 3. The SMILES string of the molecule is Cc1ccnc(C(C)C)c1-n1c(=O)nc(N2CCN(C(=O)OC(C)(C)C)CC2C)c2c3c(c(Cl)nc21)CCC3. The summed E-state index contributed by atoms with van der Waals surface area (Å²) in [5, 5.41) is 1.30. The number of aromatic nitrogens is 4. The van der Waals surface area contributed by atoms with E-state index in [-0.39, 0.29) is 18.1 Å². The molecule has 39 heavy (non-hydrogen) atoms. The number of nitrogens with zero attached hydrogens (tertiary/aromatic N) is 6. The molecule has 1 amide bonds. The molecule has 3 aromatic heterocycles. The van der Waals surface area contributed by atoms with Crippen LogP contribution in [0, 0.1) is 6.92 Å². The maximum absolute atomic E-state index is 13.9. The molecular formula is C29H37ClN6O3. The lowest BCUT2D eigenvalue weighted by Crippen LogP contribution is -2.55. The Morgan fingerprint density at radius 3 is 2.54 bits per heavy atom. The number of rotatable bonds is 3. The quantitative estimate of drug-likeness (QED) is 0.412. The number of hydrogen-bond donors (Lipinski definition) is 0. The lowest BCUT2D eigenvalue weighted by atomic mass is 10.0. The maximum Gasteiger partial charge on any atom is 0.410 e. The van der Waals surface area contributed by atoms with E-state index in [0.717, 1.165) is 47.0 Å². The van der Waals surface area contributed by atoms with Crippen molar-refractivity contribution in [1.29, 1.82) is 0 Å². The van der Waals surface area contributed by atoms with Gasteiger partial charge in [0, 0.05) is 31.9 Å². The predicted molar refractivity (Wildman–Crippen MR) is 153 cm³/mol. The summed E-state index contributed by atoms with van der Waals surface area (Å²) in [4.78, 5) is 44.7. The Balaban J connectivity index is 1.68. The van der Waals surface area contributed by atoms with Crippen molar-refractivity contribution in [3.8, 4) is 5.69 Å². The molecule has 1 saturated heterocycles. The molecule has 1 fully saturated rings. The minimum atomic E-state index is -0.565. The van der Waals surface area contributed by atoms with Crippen molar-refractivity contribution in [1.82, 2.24) is 24.4 Å². The van der Waals surface area contributed by atoms with Gasteiger partial charge in [0.15, 0.2) is 5.65 Å². The number of hydrogen-bond acceptors (Lipinski definition) is 7. The summed E-state index contributed by atoms with van der Waals surface area (Å²) in [6.45, 7) is 15.2. The molecule has 1 aliphatic carbocycles. The molecule has 1 unspecified atom stereocenters. The van der Waals surface area contributed by atoms with E-state index in [9.17, 15) is 9.59 Å². The highest BCUT2D eigenvalue weighted by atomic mass is 35.5. The summed E-state index contributed by atoms with van der Waals surface area (Å²) in [6, 6.07) is 1.82. The van der Waals surface area contributed by atoms with Crippen LogP contribution < -0.4 is 10.6 Å². The lowest BCUT2D eigenvalue weighted by molar-refractivity contribution is 0.0218. The summed E-state index contributed by atoms with van der Waals surface area (Å²) in [5.41, 5.74) is 4.11. The Bertz CT molecular complexity index is 1510. The fourth-order valence-corrected chi connectivity index (χ4v) is 6.03. The van der Waals surface area contributed by atoms with Gasteiger partial charge in [-0.2, -0.15) is 4.98 Å². The van der Waals surface area contributed by atoms with Gasteiger partial charge in [0.25, 0.3) is 0 Å². The molecule has 0 aromatic carbocycles. The van der Waals surface area contributed by atoms with Crippen LogP contribution in [0.25, 0.3) is 16.7 Å². The first kappa shape index (κ1) is 27.4. The molecule has 3 aromatic rings. The highest BCUT2D eigenvalue weighted by Gasteiger charge is 2.34. The number of aryl methyl sites for hydroxylation is 2. The summed E-state index contributed by atoms with van der Waals surface area (Å²) in [5.74, 6) is 0.699. The van der Waals surface area contributed by atoms with Crippen LogP contribution in [0.2, 0.25) is 5.15 Å². The fraction of sp³-hybridized carbons (Fsp3) is 0.552. The highest BCUT2D eigenvalue weighted by Crippen LogP contribution is 2.39. The second-order valence-electron chi connectivity index (χ2n) is 12.0. The topological polar surface area (TPSA) is 93.5 Å². The van der Waals surface area contributed by atoms with E-state index in [0.29, 0.717) is 41.9 Å². The van der Waals surface area contributed by atoms with Gasteiger partial charge in [-0.1, -0.05) is 25.4 Å². The zero-order valence-corrected chi connectivity index (χ0v) is 24.6. The average molecular weight is 553 g/mol. The Morgan fingerprint density at radius 1 is 1.15 bits per heavy atom. The minimum absolute atomic E-state index is 0.0868. The van der Waals surface area contributed by atoms with Crippen LogP contribution in [0.1, 0.15) is 76.3 Å². The standard InChI is InChI=1S/C29H37ClN6O3/c1-16(2)22-23(17(3)11-12-31-22)36-26-21(19-9-8-10-20(19)24(30)32-26)25(33-27(36)37)35-14-13-34(15-18(35)4)28(38)39-29(5,6)7/h11-12,16,18H,8-10,13-15H2,1-7H3. The van der Waals surface area contributed by atoms with Gasteiger partial charge < -0.3 is 14.5 Å². The van der Waals surface area contributed by atoms with Gasteiger partial charge in [0.1, 0.15) is 16.6 Å². The van der Waals surface area contributed by atoms with Gasteiger partial charge in [-0.05, 0) is 82.6 Å². The molecule has 1 atom stereocenters. The molecule has 9 nitrogen and oxygen atoms in total. The molecule has 0 radical (unpaired) electrons. The second kappa shape index (κ2) is 10.1. The third-order valence-corrected chi connectivity index (χ3v) is 7.81. The molecule has 1 aliphatic heterocycles. The average Bonchev–Trinajstić information content (AvgIpc) is 3.34. The van der Waals surface area contributed by atoms with Crippen LogP contribution >= 0.6 is 11.6 Å². The van der Waals surface area contributed by atoms with Crippen LogP contribution in [0.15, 0.2) is 17.1 Å². The number of anilines is 1. The van der Waals surface area contributed by atoms with Crippen LogP contribution in [0.5, 0.6) is 0 Å². The third-order valence-electron chi connectivity index (χ3n) is 7.50. The van der Waals surface area contributed by atoms with Crippen molar-refractivity contribution in [2.75, 3.05) is 24.5 Å². The predicted octanol–water partition coefficient (Wildman–Crippen LogP) is 5.20. The molecule has 10 heteroatoms. The van der Waals surface area contributed by atoms with E-state index >= 15 is 0 Å². The largest absolute Gasteiger partial charge is 0.444 e. The van der Waals surface area contributed by atoms with E-state index in [1.54, 1.807) is 15.7 Å². The number of ether oxygens (including phenoxy) is 1. The summed E-state index contributed by atoms with van der Waals surface area (Å²) in [7, 11) is 0. The van der Waals surface area contributed by atoms with E-state index in [4.69, 9.17) is 26.3 Å². The Kier molecular flexibility index (Phi) is 7.07. The number of pyridine rings is 2. The van der Waals surface area contributed by atoms with Crippen LogP contribution in [-0.2, 0) is 17.6 Å². The number of halogens is 1. The van der Waals surface area contributed by atoms with E-state index in [1.165, 1.54) is 0 Å². The highest BCUT2D eigenvalue weighted by molar-refractivity contribution is 6.31. The van der Waals surface area contributed by atoms with Crippen LogP contribution in [0.3, 0.4) is 0 Å². The molecular weight excluding hydrogens is 516 g/mol. The van der Waals surface area contributed by atoms with Gasteiger partial charge in [0.2, 0.25) is 0 Å². The Labute approximate surface area is 234 Å². The first-order chi connectivity index (χ1) is 18.4. The zero-order chi connectivity index (χ0) is 28.2. The smallest absolute Gasteiger partial charge is 0.410 e. The van der Waals surface area contributed by atoms with Crippen molar-refractivity contribution < 1.29 is 9.53 Å². The van der Waals surface area contributed by atoms with E-state index in [1.807, 2.05) is 40.7 Å². The molecule has 208 valence electrons. The van der Waals surface area contributed by atoms with Gasteiger partial charge in [-0.3, -0.25) is 4.98 Å². The lowest BCUT2D eigenvalue weighted by Gasteiger charge is -2.41. The molecule has 0 bridgehead atoms. The van der Waals surface area contributed by atoms with Crippen molar-refractivity contribution in [3.05, 3.63) is 50.3 Å². The molecule has 4 heterocycles. The maximum atomic E-state index is 13.9. The number of amides is 1.